The van der Waals surface area contributed by atoms with Crippen LogP contribution in [0.5, 0.6) is 0 Å². The maximum absolute atomic E-state index is 12.8. The minimum absolute atomic E-state index is 0.0150. The third-order valence-corrected chi connectivity index (χ3v) is 6.99. The van der Waals surface area contributed by atoms with Crippen molar-refractivity contribution in [1.82, 2.24) is 16.0 Å². The van der Waals surface area contributed by atoms with Crippen molar-refractivity contribution >= 4 is 35.1 Å². The van der Waals surface area contributed by atoms with E-state index >= 15 is 0 Å². The van der Waals surface area contributed by atoms with Gasteiger partial charge >= 0.3 is 5.97 Å². The molecule has 1 aliphatic rings. The summed E-state index contributed by atoms with van der Waals surface area (Å²) in [5.74, 6) is -2.43. The molecule has 1 unspecified atom stereocenters. The highest BCUT2D eigenvalue weighted by Gasteiger charge is 2.26. The van der Waals surface area contributed by atoms with Crippen molar-refractivity contribution in [2.45, 2.75) is 77.5 Å². The average molecular weight is 627 g/mol. The van der Waals surface area contributed by atoms with Crippen LogP contribution in [0.25, 0.3) is 0 Å². The van der Waals surface area contributed by atoms with E-state index in [1.165, 1.54) is 6.08 Å². The van der Waals surface area contributed by atoms with Crippen molar-refractivity contribution in [3.8, 4) is 0 Å². The molecule has 1 aliphatic heterocycles. The van der Waals surface area contributed by atoms with E-state index in [1.807, 2.05) is 27.7 Å². The van der Waals surface area contributed by atoms with E-state index in [2.05, 4.69) is 32.8 Å². The summed E-state index contributed by atoms with van der Waals surface area (Å²) in [5.41, 5.74) is 6.58. The molecule has 1 aromatic carbocycles. The maximum Gasteiger partial charge on any atom is 0.326 e. The molecule has 2 rings (SSSR count). The lowest BCUT2D eigenvalue weighted by Gasteiger charge is -2.30. The molecular formula is C32H46N6O7. The number of aliphatic hydroxyl groups is 1. The van der Waals surface area contributed by atoms with Crippen LogP contribution in [-0.4, -0.2) is 76.6 Å². The Bertz CT molecular complexity index is 1350. The number of aliphatic carboxylic acids is 1. The predicted molar refractivity (Wildman–Crippen MR) is 172 cm³/mol. The number of allylic oxidation sites excluding steroid dienone is 2. The van der Waals surface area contributed by atoms with Gasteiger partial charge in [-0.05, 0) is 84.2 Å². The predicted octanol–water partition coefficient (Wildman–Crippen LogP) is 2.36. The fraction of sp³-hybridized carbons (Fsp3) is 0.469. The minimum Gasteiger partial charge on any atom is -0.480 e. The van der Waals surface area contributed by atoms with E-state index in [9.17, 15) is 24.3 Å². The molecule has 0 bridgehead atoms. The van der Waals surface area contributed by atoms with Gasteiger partial charge in [0, 0.05) is 42.0 Å². The quantitative estimate of drug-likeness (QED) is 0.135. The number of aliphatic imine (C=N–C) groups is 1. The molecule has 0 spiro atoms. The molecule has 0 radical (unpaired) electrons. The number of anilines is 1. The Morgan fingerprint density at radius 3 is 2.40 bits per heavy atom. The van der Waals surface area contributed by atoms with Crippen LogP contribution in [0.15, 0.2) is 65.1 Å². The first-order valence-corrected chi connectivity index (χ1v) is 14.7. The van der Waals surface area contributed by atoms with Crippen molar-refractivity contribution in [3.63, 3.8) is 0 Å². The third kappa shape index (κ3) is 12.6. The molecule has 1 heterocycles. The monoisotopic (exact) mass is 626 g/mol. The number of carbonyl (C=O) groups excluding carboxylic acids is 3. The number of aliphatic hydroxyl groups excluding tert-OH is 1. The number of hydrogen-bond acceptors (Lipinski definition) is 9. The number of amides is 3. The van der Waals surface area contributed by atoms with Gasteiger partial charge in [0.25, 0.3) is 11.8 Å². The highest BCUT2D eigenvalue weighted by molar-refractivity contribution is 6.47. The van der Waals surface area contributed by atoms with Crippen molar-refractivity contribution in [2.75, 3.05) is 25.1 Å². The number of ether oxygens (including phenoxy) is 1. The van der Waals surface area contributed by atoms with Crippen LogP contribution in [0.4, 0.5) is 5.69 Å². The summed E-state index contributed by atoms with van der Waals surface area (Å²) in [6.07, 6.45) is 4.08. The smallest absolute Gasteiger partial charge is 0.326 e. The van der Waals surface area contributed by atoms with E-state index in [0.717, 1.165) is 0 Å². The van der Waals surface area contributed by atoms with Crippen LogP contribution in [-0.2, 0) is 19.1 Å². The standard InChI is InChI=1S/C32H46N6O7/c1-7-22(35-27-20(2)18-25(33)37-29(27)42)19-34-23-10-8-21(9-11-23)28(41)36-24(30(43)44)12-13-26(40)38-31(3,4)15-17-45-32(5,6)14-16-39/h7-11,18,24,34,39H,2,12-17,19,33H2,1,3-6H3,(H,36,41)(H,37,42)(H,38,40)(H,43,44)/b22-7-,35-27?. The average Bonchev–Trinajstić information content (AvgIpc) is 2.93. The van der Waals surface area contributed by atoms with Crippen LogP contribution >= 0.6 is 0 Å². The lowest BCUT2D eigenvalue weighted by atomic mass is 9.99. The van der Waals surface area contributed by atoms with Gasteiger partial charge in [-0.2, -0.15) is 0 Å². The SMILES string of the molecule is C=C1C=C(N)NC(=O)C1=N/C(=C\C)CNc1ccc(C(=O)NC(CCC(=O)NC(C)(C)CCOC(C)(C)CCO)C(=O)O)cc1. The Hall–Kier alpha value is -4.49. The first-order valence-electron chi connectivity index (χ1n) is 14.7. The Labute approximate surface area is 264 Å². The highest BCUT2D eigenvalue weighted by Crippen LogP contribution is 2.18. The van der Waals surface area contributed by atoms with E-state index in [4.69, 9.17) is 15.6 Å². The van der Waals surface area contributed by atoms with Crippen LogP contribution in [0.3, 0.4) is 0 Å². The normalized spacial score (nSPS) is 15.6. The fourth-order valence-electron chi connectivity index (χ4n) is 4.23. The zero-order chi connectivity index (χ0) is 33.8. The zero-order valence-corrected chi connectivity index (χ0v) is 26.7. The summed E-state index contributed by atoms with van der Waals surface area (Å²) in [6, 6.07) is 5.14. The van der Waals surface area contributed by atoms with Crippen LogP contribution in [0, 0.1) is 0 Å². The van der Waals surface area contributed by atoms with Crippen molar-refractivity contribution in [3.05, 3.63) is 65.7 Å². The van der Waals surface area contributed by atoms with Gasteiger partial charge in [-0.15, -0.1) is 0 Å². The van der Waals surface area contributed by atoms with Crippen LogP contribution in [0.1, 0.15) is 70.7 Å². The number of carboxylic acids is 1. The number of hydrogen-bond donors (Lipinski definition) is 7. The molecule has 0 aromatic heterocycles. The lowest BCUT2D eigenvalue weighted by Crippen LogP contribution is -2.46. The summed E-state index contributed by atoms with van der Waals surface area (Å²) in [4.78, 5) is 53.8. The summed E-state index contributed by atoms with van der Waals surface area (Å²) >= 11 is 0. The Morgan fingerprint density at radius 2 is 1.82 bits per heavy atom. The highest BCUT2D eigenvalue weighted by atomic mass is 16.5. The topological polar surface area (TPSA) is 204 Å². The van der Waals surface area contributed by atoms with Crippen LogP contribution in [0.2, 0.25) is 0 Å². The number of carboxylic acid groups (broad SMARTS) is 1. The maximum atomic E-state index is 12.8. The Balaban J connectivity index is 1.88. The summed E-state index contributed by atoms with van der Waals surface area (Å²) in [7, 11) is 0. The molecule has 1 aromatic rings. The first-order chi connectivity index (χ1) is 21.1. The summed E-state index contributed by atoms with van der Waals surface area (Å²) < 4.78 is 5.81. The van der Waals surface area contributed by atoms with Gasteiger partial charge in [-0.25, -0.2) is 9.79 Å². The van der Waals surface area contributed by atoms with Crippen molar-refractivity contribution < 1.29 is 34.1 Å². The number of carbonyl (C=O) groups is 4. The van der Waals surface area contributed by atoms with Gasteiger partial charge in [0.05, 0.1) is 17.8 Å². The van der Waals surface area contributed by atoms with E-state index in [0.29, 0.717) is 36.4 Å². The van der Waals surface area contributed by atoms with Gasteiger partial charge in [-0.3, -0.25) is 14.4 Å². The van der Waals surface area contributed by atoms with E-state index in [-0.39, 0.29) is 49.0 Å². The molecule has 0 saturated heterocycles. The molecular weight excluding hydrogens is 580 g/mol. The number of rotatable bonds is 17. The number of nitrogens with one attached hydrogen (secondary N) is 4. The third-order valence-electron chi connectivity index (χ3n) is 6.99. The second-order valence-corrected chi connectivity index (χ2v) is 11.9. The molecule has 246 valence electrons. The van der Waals surface area contributed by atoms with Gasteiger partial charge in [0.2, 0.25) is 5.91 Å². The van der Waals surface area contributed by atoms with Gasteiger partial charge in [-0.1, -0.05) is 12.7 Å². The van der Waals surface area contributed by atoms with Crippen LogP contribution < -0.4 is 27.0 Å². The molecule has 3 amide bonds. The fourth-order valence-corrected chi connectivity index (χ4v) is 4.23. The van der Waals surface area contributed by atoms with E-state index in [1.54, 1.807) is 37.3 Å². The van der Waals surface area contributed by atoms with Gasteiger partial charge in [0.15, 0.2) is 0 Å². The molecule has 13 nitrogen and oxygen atoms in total. The second kappa shape index (κ2) is 16.5. The Morgan fingerprint density at radius 1 is 1.16 bits per heavy atom. The molecule has 1 atom stereocenters. The number of nitrogens with zero attached hydrogens (tertiary/aromatic N) is 1. The van der Waals surface area contributed by atoms with Gasteiger partial charge in [0.1, 0.15) is 17.6 Å². The van der Waals surface area contributed by atoms with Gasteiger partial charge < -0.3 is 42.0 Å². The molecule has 13 heteroatoms. The number of benzene rings is 1. The van der Waals surface area contributed by atoms with Crippen molar-refractivity contribution in [1.29, 1.82) is 0 Å². The zero-order valence-electron chi connectivity index (χ0n) is 26.7. The molecule has 45 heavy (non-hydrogen) atoms. The molecule has 8 N–H and O–H groups in total. The summed E-state index contributed by atoms with van der Waals surface area (Å²) in [6.45, 7) is 13.7. The molecule has 0 saturated carbocycles. The first kappa shape index (κ1) is 36.7. The number of nitrogens with two attached hydrogens (primary N) is 1. The molecule has 0 aliphatic carbocycles. The summed E-state index contributed by atoms with van der Waals surface area (Å²) in [5, 5.41) is 29.8. The largest absolute Gasteiger partial charge is 0.480 e. The lowest BCUT2D eigenvalue weighted by molar-refractivity contribution is -0.139. The minimum atomic E-state index is -1.26. The van der Waals surface area contributed by atoms with Crippen molar-refractivity contribution in [2.24, 2.45) is 10.7 Å². The second-order valence-electron chi connectivity index (χ2n) is 11.9. The molecule has 0 fully saturated rings. The Kier molecular flexibility index (Phi) is 13.5. The van der Waals surface area contributed by atoms with E-state index < -0.39 is 35.0 Å².